The fourth-order valence-corrected chi connectivity index (χ4v) is 1.74. The number of benzene rings is 2. The molecule has 0 nitrogen and oxygen atoms in total. The molecule has 0 heterocycles. The summed E-state index contributed by atoms with van der Waals surface area (Å²) < 4.78 is 50.3. The van der Waals surface area contributed by atoms with E-state index in [0.29, 0.717) is 11.1 Å². The number of hydrogen-bond donors (Lipinski definition) is 0. The molecule has 0 N–H and O–H groups in total. The second kappa shape index (κ2) is 4.44. The van der Waals surface area contributed by atoms with E-state index >= 15 is 0 Å². The third-order valence-electron chi connectivity index (χ3n) is 2.72. The summed E-state index contributed by atoms with van der Waals surface area (Å²) in [6, 6.07) is 8.94. The van der Waals surface area contributed by atoms with E-state index in [4.69, 9.17) is 0 Å². The van der Waals surface area contributed by atoms with Crippen molar-refractivity contribution in [3.63, 3.8) is 0 Å². The van der Waals surface area contributed by atoms with Gasteiger partial charge >= 0.3 is 6.18 Å². The van der Waals surface area contributed by atoms with Gasteiger partial charge in [0.1, 0.15) is 5.82 Å². The van der Waals surface area contributed by atoms with Crippen molar-refractivity contribution in [2.45, 2.75) is 13.1 Å². The van der Waals surface area contributed by atoms with E-state index in [1.165, 1.54) is 24.3 Å². The van der Waals surface area contributed by atoms with Crippen LogP contribution in [0.5, 0.6) is 0 Å². The van der Waals surface area contributed by atoms with Gasteiger partial charge in [-0.25, -0.2) is 4.39 Å². The molecule has 0 unspecified atom stereocenters. The predicted molar refractivity (Wildman–Crippen MR) is 61.6 cm³/mol. The third kappa shape index (κ3) is 2.53. The number of halogens is 4. The first-order valence-electron chi connectivity index (χ1n) is 5.32. The second-order valence-corrected chi connectivity index (χ2v) is 4.03. The van der Waals surface area contributed by atoms with E-state index in [1.807, 2.05) is 0 Å². The van der Waals surface area contributed by atoms with E-state index in [9.17, 15) is 17.6 Å². The topological polar surface area (TPSA) is 0 Å². The van der Waals surface area contributed by atoms with Crippen LogP contribution in [0.1, 0.15) is 11.1 Å². The van der Waals surface area contributed by atoms with Gasteiger partial charge in [0.2, 0.25) is 0 Å². The maximum atomic E-state index is 13.1. The lowest BCUT2D eigenvalue weighted by Gasteiger charge is -2.09. The van der Waals surface area contributed by atoms with Crippen molar-refractivity contribution in [3.8, 4) is 11.1 Å². The minimum Gasteiger partial charge on any atom is -0.207 e. The molecule has 0 aliphatic rings. The molecule has 0 saturated carbocycles. The second-order valence-electron chi connectivity index (χ2n) is 4.03. The molecular formula is C14H10F4. The monoisotopic (exact) mass is 254 g/mol. The lowest BCUT2D eigenvalue weighted by atomic mass is 9.99. The highest BCUT2D eigenvalue weighted by atomic mass is 19.4. The lowest BCUT2D eigenvalue weighted by Crippen LogP contribution is -2.04. The lowest BCUT2D eigenvalue weighted by molar-refractivity contribution is -0.137. The summed E-state index contributed by atoms with van der Waals surface area (Å²) in [7, 11) is 0. The van der Waals surface area contributed by atoms with Gasteiger partial charge in [-0.1, -0.05) is 18.2 Å². The van der Waals surface area contributed by atoms with Gasteiger partial charge in [0.25, 0.3) is 0 Å². The Morgan fingerprint density at radius 2 is 1.50 bits per heavy atom. The van der Waals surface area contributed by atoms with Crippen LogP contribution in [0.4, 0.5) is 17.6 Å². The molecule has 94 valence electrons. The first-order valence-corrected chi connectivity index (χ1v) is 5.32. The van der Waals surface area contributed by atoms with Gasteiger partial charge in [0, 0.05) is 0 Å². The van der Waals surface area contributed by atoms with Gasteiger partial charge in [-0.3, -0.25) is 0 Å². The van der Waals surface area contributed by atoms with Crippen LogP contribution < -0.4 is 0 Å². The summed E-state index contributed by atoms with van der Waals surface area (Å²) in [5.74, 6) is -0.407. The molecule has 2 aromatic carbocycles. The van der Waals surface area contributed by atoms with E-state index in [2.05, 4.69) is 0 Å². The van der Waals surface area contributed by atoms with Crippen molar-refractivity contribution in [1.29, 1.82) is 0 Å². The Hall–Kier alpha value is -1.84. The Kier molecular flexibility index (Phi) is 3.11. The van der Waals surface area contributed by atoms with Crippen LogP contribution in [0.2, 0.25) is 0 Å². The van der Waals surface area contributed by atoms with Crippen molar-refractivity contribution in [1.82, 2.24) is 0 Å². The number of aryl methyl sites for hydroxylation is 1. The summed E-state index contributed by atoms with van der Waals surface area (Å²) in [6.07, 6.45) is -4.35. The SMILES string of the molecule is Cc1ccc(F)cc1-c1ccc(C(F)(F)F)cc1. The Morgan fingerprint density at radius 3 is 2.06 bits per heavy atom. The molecule has 18 heavy (non-hydrogen) atoms. The zero-order chi connectivity index (χ0) is 13.3. The average Bonchev–Trinajstić information content (AvgIpc) is 2.31. The van der Waals surface area contributed by atoms with Gasteiger partial charge in [-0.2, -0.15) is 13.2 Å². The van der Waals surface area contributed by atoms with Crippen molar-refractivity contribution < 1.29 is 17.6 Å². The highest BCUT2D eigenvalue weighted by molar-refractivity contribution is 5.67. The van der Waals surface area contributed by atoms with E-state index < -0.39 is 17.6 Å². The molecule has 0 amide bonds. The molecule has 4 heteroatoms. The molecule has 0 saturated heterocycles. The van der Waals surface area contributed by atoms with Crippen molar-refractivity contribution in [2.75, 3.05) is 0 Å². The summed E-state index contributed by atoms with van der Waals surface area (Å²) >= 11 is 0. The summed E-state index contributed by atoms with van der Waals surface area (Å²) in [5.41, 5.74) is 1.28. The van der Waals surface area contributed by atoms with Crippen LogP contribution in [0.15, 0.2) is 42.5 Å². The van der Waals surface area contributed by atoms with Gasteiger partial charge < -0.3 is 0 Å². The smallest absolute Gasteiger partial charge is 0.207 e. The molecular weight excluding hydrogens is 244 g/mol. The summed E-state index contributed by atoms with van der Waals surface area (Å²) in [5, 5.41) is 0. The van der Waals surface area contributed by atoms with Crippen molar-refractivity contribution in [2.24, 2.45) is 0 Å². The molecule has 0 radical (unpaired) electrons. The molecule has 0 aliphatic heterocycles. The molecule has 0 aromatic heterocycles. The zero-order valence-electron chi connectivity index (χ0n) is 9.55. The van der Waals surface area contributed by atoms with Crippen LogP contribution >= 0.6 is 0 Å². The molecule has 0 atom stereocenters. The third-order valence-corrected chi connectivity index (χ3v) is 2.72. The first-order chi connectivity index (χ1) is 8.38. The summed E-state index contributed by atoms with van der Waals surface area (Å²) in [6.45, 7) is 1.78. The zero-order valence-corrected chi connectivity index (χ0v) is 9.55. The average molecular weight is 254 g/mol. The number of alkyl halides is 3. The normalized spacial score (nSPS) is 11.6. The van der Waals surface area contributed by atoms with Crippen molar-refractivity contribution >= 4 is 0 Å². The molecule has 2 aromatic rings. The fourth-order valence-electron chi connectivity index (χ4n) is 1.74. The minimum absolute atomic E-state index is 0.407. The van der Waals surface area contributed by atoms with Gasteiger partial charge in [-0.15, -0.1) is 0 Å². The first kappa shape index (κ1) is 12.6. The van der Waals surface area contributed by atoms with Crippen LogP contribution in [-0.2, 0) is 6.18 Å². The Bertz CT molecular complexity index is 553. The van der Waals surface area contributed by atoms with E-state index in [-0.39, 0.29) is 0 Å². The van der Waals surface area contributed by atoms with E-state index in [1.54, 1.807) is 13.0 Å². The van der Waals surface area contributed by atoms with Crippen molar-refractivity contribution in [3.05, 3.63) is 59.4 Å². The van der Waals surface area contributed by atoms with Crippen LogP contribution in [0, 0.1) is 12.7 Å². The number of rotatable bonds is 1. The fraction of sp³-hybridized carbons (Fsp3) is 0.143. The minimum atomic E-state index is -4.35. The molecule has 0 aliphatic carbocycles. The Balaban J connectivity index is 2.43. The molecule has 0 fully saturated rings. The van der Waals surface area contributed by atoms with Crippen LogP contribution in [0.25, 0.3) is 11.1 Å². The predicted octanol–water partition coefficient (Wildman–Crippen LogP) is 4.82. The Labute approximate surface area is 102 Å². The van der Waals surface area contributed by atoms with Gasteiger partial charge in [0.05, 0.1) is 5.56 Å². The van der Waals surface area contributed by atoms with Gasteiger partial charge in [-0.05, 0) is 47.9 Å². The highest BCUT2D eigenvalue weighted by Gasteiger charge is 2.29. The largest absolute Gasteiger partial charge is 0.416 e. The molecule has 2 rings (SSSR count). The van der Waals surface area contributed by atoms with E-state index in [0.717, 1.165) is 17.7 Å². The maximum Gasteiger partial charge on any atom is 0.416 e. The maximum absolute atomic E-state index is 13.1. The van der Waals surface area contributed by atoms with Crippen LogP contribution in [-0.4, -0.2) is 0 Å². The number of hydrogen-bond acceptors (Lipinski definition) is 0. The highest BCUT2D eigenvalue weighted by Crippen LogP contribution is 2.31. The van der Waals surface area contributed by atoms with Crippen LogP contribution in [0.3, 0.4) is 0 Å². The Morgan fingerprint density at radius 1 is 0.889 bits per heavy atom. The molecule has 0 bridgehead atoms. The van der Waals surface area contributed by atoms with Gasteiger partial charge in [0.15, 0.2) is 0 Å². The standard InChI is InChI=1S/C14H10F4/c1-9-2-7-12(15)8-13(9)10-3-5-11(6-4-10)14(16,17)18/h2-8H,1H3. The molecule has 0 spiro atoms. The summed E-state index contributed by atoms with van der Waals surface area (Å²) in [4.78, 5) is 0. The quantitative estimate of drug-likeness (QED) is 0.640.